The second-order valence-electron chi connectivity index (χ2n) is 13.6. The van der Waals surface area contributed by atoms with Crippen molar-refractivity contribution < 1.29 is 86.0 Å². The molecule has 0 aromatic heterocycles. The number of ether oxygens (including phenoxy) is 4. The highest BCUT2D eigenvalue weighted by Crippen LogP contribution is 2.61. The first-order chi connectivity index (χ1) is 24.9. The number of alkyl halides is 12. The summed E-state index contributed by atoms with van der Waals surface area (Å²) in [6, 6.07) is 0. The van der Waals surface area contributed by atoms with Crippen LogP contribution in [-0.2, 0) is 33.3 Å². The third-order valence-corrected chi connectivity index (χ3v) is 8.14. The number of hydrogen-bond acceptors (Lipinski definition) is 8. The molecule has 0 aromatic rings. The van der Waals surface area contributed by atoms with Crippen LogP contribution in [0.5, 0.6) is 0 Å². The maximum absolute atomic E-state index is 15.2. The van der Waals surface area contributed by atoms with Gasteiger partial charge in [-0.05, 0) is 40.8 Å². The van der Waals surface area contributed by atoms with Gasteiger partial charge in [-0.2, -0.15) is 52.7 Å². The van der Waals surface area contributed by atoms with Gasteiger partial charge in [0.1, 0.15) is 19.8 Å². The van der Waals surface area contributed by atoms with Gasteiger partial charge in [-0.3, -0.25) is 0 Å². The molecule has 55 heavy (non-hydrogen) atoms. The highest BCUT2D eigenvalue weighted by atomic mass is 19.4. The van der Waals surface area contributed by atoms with Crippen molar-refractivity contribution >= 4 is 17.9 Å². The van der Waals surface area contributed by atoms with Crippen LogP contribution < -0.4 is 0 Å². The van der Waals surface area contributed by atoms with Crippen LogP contribution in [0.15, 0.2) is 36.5 Å². The summed E-state index contributed by atoms with van der Waals surface area (Å²) >= 11 is 0. The predicted octanol–water partition coefficient (Wildman–Crippen LogP) is 8.84. The van der Waals surface area contributed by atoms with Crippen molar-refractivity contribution in [2.75, 3.05) is 53.7 Å². The van der Waals surface area contributed by atoms with Crippen molar-refractivity contribution in [3.05, 3.63) is 36.5 Å². The Morgan fingerprint density at radius 1 is 0.564 bits per heavy atom. The van der Waals surface area contributed by atoms with Gasteiger partial charge in [0.25, 0.3) is 0 Å². The van der Waals surface area contributed by atoms with Crippen LogP contribution in [0.2, 0.25) is 0 Å². The largest absolute Gasteiger partial charge is 0.461 e. The Balaban J connectivity index is 6.74. The quantitative estimate of drug-likeness (QED) is 0.0254. The van der Waals surface area contributed by atoms with E-state index in [-0.39, 0.29) is 30.6 Å². The minimum atomic E-state index is -7.82. The zero-order valence-corrected chi connectivity index (χ0v) is 31.4. The summed E-state index contributed by atoms with van der Waals surface area (Å²) in [4.78, 5) is 38.8. The lowest BCUT2D eigenvalue weighted by molar-refractivity contribution is -0.426. The van der Waals surface area contributed by atoms with Crippen LogP contribution in [0, 0.1) is 5.41 Å². The van der Waals surface area contributed by atoms with Gasteiger partial charge in [0, 0.05) is 30.5 Å². The molecule has 0 spiro atoms. The normalized spacial score (nSPS) is 13.4. The van der Waals surface area contributed by atoms with E-state index < -0.39 is 117 Å². The topological polar surface area (TPSA) is 91.4 Å². The van der Waals surface area contributed by atoms with Gasteiger partial charge in [-0.15, -0.1) is 0 Å². The second-order valence-corrected chi connectivity index (χ2v) is 13.6. The fourth-order valence-electron chi connectivity index (χ4n) is 4.39. The minimum absolute atomic E-state index is 0.0759. The van der Waals surface area contributed by atoms with E-state index in [0.717, 1.165) is 13.8 Å². The van der Waals surface area contributed by atoms with E-state index in [2.05, 4.69) is 19.7 Å². The van der Waals surface area contributed by atoms with E-state index >= 15 is 8.78 Å². The van der Waals surface area contributed by atoms with Crippen molar-refractivity contribution in [3.63, 3.8) is 0 Å². The third-order valence-electron chi connectivity index (χ3n) is 8.14. The summed E-state index contributed by atoms with van der Waals surface area (Å²) in [7, 11) is 3.40. The molecular formula is C35H49F12NO7. The number of halogens is 12. The molecule has 0 aliphatic heterocycles. The van der Waals surface area contributed by atoms with E-state index in [9.17, 15) is 58.3 Å². The molecule has 0 rings (SSSR count). The number of rotatable bonds is 28. The lowest BCUT2D eigenvalue weighted by Crippen LogP contribution is -2.70. The first-order valence-corrected chi connectivity index (χ1v) is 16.9. The Labute approximate surface area is 312 Å². The first kappa shape index (κ1) is 51.7. The highest BCUT2D eigenvalue weighted by molar-refractivity contribution is 5.88. The van der Waals surface area contributed by atoms with E-state index in [0.29, 0.717) is 19.4 Å². The molecule has 320 valence electrons. The van der Waals surface area contributed by atoms with Crippen LogP contribution in [0.25, 0.3) is 0 Å². The molecule has 0 unspecified atom stereocenters. The second kappa shape index (κ2) is 20.8. The van der Waals surface area contributed by atoms with Crippen molar-refractivity contribution in [1.29, 1.82) is 0 Å². The van der Waals surface area contributed by atoms with Gasteiger partial charge >= 0.3 is 53.4 Å². The van der Waals surface area contributed by atoms with Crippen LogP contribution in [0.1, 0.15) is 72.1 Å². The Morgan fingerprint density at radius 3 is 1.36 bits per heavy atom. The molecular weight excluding hydrogens is 774 g/mol. The molecule has 0 saturated carbocycles. The van der Waals surface area contributed by atoms with Crippen molar-refractivity contribution in [2.24, 2.45) is 5.41 Å². The van der Waals surface area contributed by atoms with Crippen LogP contribution in [-0.4, -0.2) is 112 Å². The molecule has 0 N–H and O–H groups in total. The number of carbonyl (C=O) groups is 3. The Morgan fingerprint density at radius 2 is 0.964 bits per heavy atom. The molecule has 8 nitrogen and oxygen atoms in total. The summed E-state index contributed by atoms with van der Waals surface area (Å²) in [5, 5.41) is 0. The maximum Gasteiger partial charge on any atom is 0.384 e. The summed E-state index contributed by atoms with van der Waals surface area (Å²) in [5.74, 6) is -46.7. The first-order valence-electron chi connectivity index (χ1n) is 16.9. The van der Waals surface area contributed by atoms with Gasteiger partial charge < -0.3 is 23.8 Å². The van der Waals surface area contributed by atoms with Crippen LogP contribution >= 0.6 is 0 Å². The standard InChI is InChI=1S/C35H49F12NO7/c1-9-10-11-12-13-14-30(36,37)32(40,41)34(44,45)35(46,47)33(42,43)31(38,39)16-15-29(20-53-26(49)23(2)3,21-54-27(50)24(4)5)22-55-28(51)25(6)19-52-18-17-48(7)8/h2,4,6,9-22H2,1,3,5,7-8H3. The molecule has 0 aromatic carbocycles. The minimum Gasteiger partial charge on any atom is -0.461 e. The van der Waals surface area contributed by atoms with Crippen molar-refractivity contribution in [3.8, 4) is 0 Å². The Bertz CT molecular complexity index is 1310. The Kier molecular flexibility index (Phi) is 19.5. The number of carbonyl (C=O) groups excluding carboxylic acids is 3. The molecule has 0 heterocycles. The maximum atomic E-state index is 15.2. The summed E-state index contributed by atoms with van der Waals surface area (Å²) in [6.45, 7) is 9.91. The fraction of sp³-hybridized carbons (Fsp3) is 0.743. The van der Waals surface area contributed by atoms with Crippen LogP contribution in [0.3, 0.4) is 0 Å². The predicted molar refractivity (Wildman–Crippen MR) is 176 cm³/mol. The molecule has 20 heteroatoms. The fourth-order valence-corrected chi connectivity index (χ4v) is 4.39. The lowest BCUT2D eigenvalue weighted by atomic mass is 9.81. The molecule has 0 amide bonds. The van der Waals surface area contributed by atoms with Gasteiger partial charge in [0.15, 0.2) is 0 Å². The Hall–Kier alpha value is -3.29. The zero-order valence-electron chi connectivity index (χ0n) is 31.4. The summed E-state index contributed by atoms with van der Waals surface area (Å²) in [5.41, 5.74) is -3.68. The van der Waals surface area contributed by atoms with Gasteiger partial charge in [-0.1, -0.05) is 52.3 Å². The highest BCUT2D eigenvalue weighted by Gasteiger charge is 2.89. The van der Waals surface area contributed by atoms with Crippen molar-refractivity contribution in [2.45, 2.75) is 108 Å². The van der Waals surface area contributed by atoms with E-state index in [1.165, 1.54) is 0 Å². The van der Waals surface area contributed by atoms with Crippen LogP contribution in [0.4, 0.5) is 52.7 Å². The van der Waals surface area contributed by atoms with Gasteiger partial charge in [-0.25, -0.2) is 14.4 Å². The number of esters is 3. The zero-order chi connectivity index (χ0) is 43.3. The average Bonchev–Trinajstić information content (AvgIpc) is 3.07. The van der Waals surface area contributed by atoms with Crippen molar-refractivity contribution in [1.82, 2.24) is 4.90 Å². The molecule has 0 aliphatic carbocycles. The molecule has 0 radical (unpaired) electrons. The SMILES string of the molecule is C=C(C)C(=O)OCC(CCC(F)(F)C(F)(F)C(F)(F)C(F)(F)C(F)(F)C(F)(F)CCCCCCC)(COC(=O)C(=C)C)COC(=O)C(=C)COCCN(C)C. The van der Waals surface area contributed by atoms with E-state index in [1.807, 2.05) is 0 Å². The molecule has 0 saturated heterocycles. The van der Waals surface area contributed by atoms with Gasteiger partial charge in [0.2, 0.25) is 0 Å². The smallest absolute Gasteiger partial charge is 0.384 e. The number of unbranched alkanes of at least 4 members (excludes halogenated alkanes) is 4. The molecule has 0 bridgehead atoms. The molecule has 0 atom stereocenters. The number of hydrogen-bond donors (Lipinski definition) is 0. The summed E-state index contributed by atoms with van der Waals surface area (Å²) < 4.78 is 197. The lowest BCUT2D eigenvalue weighted by Gasteiger charge is -2.42. The molecule has 0 aliphatic rings. The average molecular weight is 824 g/mol. The van der Waals surface area contributed by atoms with E-state index in [1.54, 1.807) is 25.9 Å². The monoisotopic (exact) mass is 823 g/mol. The number of nitrogens with zero attached hydrogens (tertiary/aromatic N) is 1. The number of likely N-dealkylation sites (N-methyl/N-ethyl adjacent to an activating group) is 1. The summed E-state index contributed by atoms with van der Waals surface area (Å²) in [6.07, 6.45) is -6.58. The third kappa shape index (κ3) is 13.7. The van der Waals surface area contributed by atoms with Gasteiger partial charge in [0.05, 0.1) is 24.2 Å². The van der Waals surface area contributed by atoms with E-state index in [4.69, 9.17) is 18.9 Å². The molecule has 0 fully saturated rings.